The zero-order valence-corrected chi connectivity index (χ0v) is 19.6. The predicted molar refractivity (Wildman–Crippen MR) is 120 cm³/mol. The third-order valence-corrected chi connectivity index (χ3v) is 7.82. The summed E-state index contributed by atoms with van der Waals surface area (Å²) in [5.74, 6) is 0. The van der Waals surface area contributed by atoms with Crippen molar-refractivity contribution in [1.82, 2.24) is 9.44 Å². The van der Waals surface area contributed by atoms with Crippen LogP contribution in [0.5, 0.6) is 0 Å². The lowest BCUT2D eigenvalue weighted by atomic mass is 10.2. The Kier molecular flexibility index (Phi) is 6.78. The molecule has 158 valence electrons. The summed E-state index contributed by atoms with van der Waals surface area (Å²) >= 11 is 3.33. The Bertz CT molecular complexity index is 1150. The fourth-order valence-corrected chi connectivity index (χ4v) is 5.31. The van der Waals surface area contributed by atoms with Crippen molar-refractivity contribution in [3.63, 3.8) is 0 Å². The highest BCUT2D eigenvalue weighted by molar-refractivity contribution is 9.10. The monoisotopic (exact) mass is 508 g/mol. The third-order valence-electron chi connectivity index (χ3n) is 4.41. The first-order chi connectivity index (χ1) is 14.1. The molecular weight excluding hydrogens is 488 g/mol. The van der Waals surface area contributed by atoms with E-state index in [0.29, 0.717) is 5.56 Å². The smallest absolute Gasteiger partial charge is 0.207 e. The first-order valence-electron chi connectivity index (χ1n) is 9.00. The van der Waals surface area contributed by atoms with Crippen LogP contribution in [0, 0.1) is 13.8 Å². The number of hydrogen-bond acceptors (Lipinski definition) is 4. The lowest BCUT2D eigenvalue weighted by molar-refractivity contribution is 0.527. The van der Waals surface area contributed by atoms with Gasteiger partial charge in [-0.15, -0.1) is 0 Å². The molecule has 0 radical (unpaired) electrons. The SMILES string of the molecule is Cc1ccc(S(=O)(=O)NC(NS(=O)(=O)c2ccc(C)cc2)c2ccc(Br)cc2)cc1. The van der Waals surface area contributed by atoms with E-state index in [4.69, 9.17) is 0 Å². The van der Waals surface area contributed by atoms with Gasteiger partial charge in [0.25, 0.3) is 0 Å². The van der Waals surface area contributed by atoms with Crippen LogP contribution in [0.2, 0.25) is 0 Å². The van der Waals surface area contributed by atoms with Crippen LogP contribution in [0.4, 0.5) is 0 Å². The van der Waals surface area contributed by atoms with Crippen LogP contribution in [0.25, 0.3) is 0 Å². The maximum absolute atomic E-state index is 12.9. The van der Waals surface area contributed by atoms with E-state index in [0.717, 1.165) is 15.6 Å². The summed E-state index contributed by atoms with van der Waals surface area (Å²) in [6.07, 6.45) is -1.20. The van der Waals surface area contributed by atoms with Gasteiger partial charge in [-0.05, 0) is 55.8 Å². The van der Waals surface area contributed by atoms with Gasteiger partial charge in [0.2, 0.25) is 20.0 Å². The van der Waals surface area contributed by atoms with Crippen molar-refractivity contribution < 1.29 is 16.8 Å². The molecule has 0 aromatic heterocycles. The average Bonchev–Trinajstić information content (AvgIpc) is 2.68. The number of benzene rings is 3. The van der Waals surface area contributed by atoms with E-state index in [9.17, 15) is 16.8 Å². The molecule has 0 atom stereocenters. The third kappa shape index (κ3) is 5.55. The molecule has 0 saturated heterocycles. The molecule has 3 rings (SSSR count). The van der Waals surface area contributed by atoms with Crippen LogP contribution in [0.3, 0.4) is 0 Å². The summed E-state index contributed by atoms with van der Waals surface area (Å²) in [5, 5.41) is 0. The van der Waals surface area contributed by atoms with Crippen molar-refractivity contribution in [2.45, 2.75) is 29.8 Å². The Balaban J connectivity index is 1.97. The summed E-state index contributed by atoms with van der Waals surface area (Å²) in [5.41, 5.74) is 2.28. The number of sulfonamides is 2. The van der Waals surface area contributed by atoms with E-state index >= 15 is 0 Å². The molecule has 9 heteroatoms. The highest BCUT2D eigenvalue weighted by Crippen LogP contribution is 2.21. The standard InChI is InChI=1S/C21H21BrN2O4S2/c1-15-3-11-19(12-4-15)29(25,26)23-21(17-7-9-18(22)10-8-17)24-30(27,28)20-13-5-16(2)6-14-20/h3-14,21,23-24H,1-2H3. The van der Waals surface area contributed by atoms with Gasteiger partial charge in [-0.25, -0.2) is 16.8 Å². The van der Waals surface area contributed by atoms with Crippen LogP contribution in [0.15, 0.2) is 87.1 Å². The van der Waals surface area contributed by atoms with Gasteiger partial charge < -0.3 is 0 Å². The Morgan fingerprint density at radius 3 is 1.37 bits per heavy atom. The number of nitrogens with one attached hydrogen (secondary N) is 2. The molecule has 0 saturated carbocycles. The quantitative estimate of drug-likeness (QED) is 0.471. The molecule has 0 unspecified atom stereocenters. The van der Waals surface area contributed by atoms with Gasteiger partial charge in [-0.3, -0.25) is 0 Å². The number of hydrogen-bond donors (Lipinski definition) is 2. The van der Waals surface area contributed by atoms with E-state index < -0.39 is 26.2 Å². The Labute approximate surface area is 185 Å². The maximum Gasteiger partial charge on any atom is 0.242 e. The van der Waals surface area contributed by atoms with Crippen molar-refractivity contribution in [3.05, 3.63) is 94.0 Å². The first kappa shape index (κ1) is 22.6. The highest BCUT2D eigenvalue weighted by atomic mass is 79.9. The molecule has 0 spiro atoms. The first-order valence-corrected chi connectivity index (χ1v) is 12.8. The molecule has 30 heavy (non-hydrogen) atoms. The topological polar surface area (TPSA) is 92.3 Å². The Morgan fingerprint density at radius 1 is 0.633 bits per heavy atom. The summed E-state index contributed by atoms with van der Waals surface area (Å²) in [6.45, 7) is 3.70. The second-order valence-electron chi connectivity index (χ2n) is 6.85. The second kappa shape index (κ2) is 8.99. The number of halogens is 1. The van der Waals surface area contributed by atoms with Crippen LogP contribution >= 0.6 is 15.9 Å². The van der Waals surface area contributed by atoms with Crippen molar-refractivity contribution >= 4 is 36.0 Å². The zero-order chi connectivity index (χ0) is 21.9. The highest BCUT2D eigenvalue weighted by Gasteiger charge is 2.26. The molecule has 2 N–H and O–H groups in total. The summed E-state index contributed by atoms with van der Waals surface area (Å²) in [7, 11) is -7.97. The van der Waals surface area contributed by atoms with Gasteiger partial charge in [0, 0.05) is 4.47 Å². The van der Waals surface area contributed by atoms with E-state index in [1.807, 2.05) is 13.8 Å². The van der Waals surface area contributed by atoms with Gasteiger partial charge in [0.15, 0.2) is 0 Å². The Hall–Kier alpha value is -2.04. The average molecular weight is 509 g/mol. The van der Waals surface area contributed by atoms with Gasteiger partial charge in [0.05, 0.1) is 9.79 Å². The fourth-order valence-electron chi connectivity index (χ4n) is 2.70. The molecule has 3 aromatic carbocycles. The molecule has 0 amide bonds. The van der Waals surface area contributed by atoms with Gasteiger partial charge >= 0.3 is 0 Å². The minimum atomic E-state index is -3.98. The lowest BCUT2D eigenvalue weighted by Crippen LogP contribution is -2.41. The molecule has 0 heterocycles. The normalized spacial score (nSPS) is 12.3. The van der Waals surface area contributed by atoms with Gasteiger partial charge in [-0.1, -0.05) is 63.5 Å². The molecule has 6 nitrogen and oxygen atoms in total. The fraction of sp³-hybridized carbons (Fsp3) is 0.143. The maximum atomic E-state index is 12.9. The van der Waals surface area contributed by atoms with Crippen LogP contribution in [0.1, 0.15) is 22.9 Å². The Morgan fingerprint density at radius 2 is 1.00 bits per heavy atom. The van der Waals surface area contributed by atoms with Crippen LogP contribution in [-0.4, -0.2) is 16.8 Å². The molecule has 3 aromatic rings. The second-order valence-corrected chi connectivity index (χ2v) is 11.2. The lowest BCUT2D eigenvalue weighted by Gasteiger charge is -2.21. The van der Waals surface area contributed by atoms with E-state index in [1.54, 1.807) is 48.5 Å². The van der Waals surface area contributed by atoms with Gasteiger partial charge in [0.1, 0.15) is 6.17 Å². The molecule has 0 aliphatic heterocycles. The summed E-state index contributed by atoms with van der Waals surface area (Å²) < 4.78 is 57.3. The molecular formula is C21H21BrN2O4S2. The number of rotatable bonds is 7. The largest absolute Gasteiger partial charge is 0.242 e. The van der Waals surface area contributed by atoms with E-state index in [2.05, 4.69) is 25.4 Å². The van der Waals surface area contributed by atoms with Crippen LogP contribution < -0.4 is 9.44 Å². The minimum Gasteiger partial charge on any atom is -0.207 e. The summed E-state index contributed by atoms with van der Waals surface area (Å²) in [6, 6.07) is 19.3. The molecule has 0 bridgehead atoms. The van der Waals surface area contributed by atoms with Crippen molar-refractivity contribution in [2.24, 2.45) is 0 Å². The zero-order valence-electron chi connectivity index (χ0n) is 16.3. The van der Waals surface area contributed by atoms with E-state index in [-0.39, 0.29) is 9.79 Å². The minimum absolute atomic E-state index is 0.0461. The van der Waals surface area contributed by atoms with Crippen molar-refractivity contribution in [2.75, 3.05) is 0 Å². The van der Waals surface area contributed by atoms with Gasteiger partial charge in [-0.2, -0.15) is 9.44 Å². The number of aryl methyl sites for hydroxylation is 2. The molecule has 0 aliphatic carbocycles. The van der Waals surface area contributed by atoms with Crippen molar-refractivity contribution in [3.8, 4) is 0 Å². The predicted octanol–water partition coefficient (Wildman–Crippen LogP) is 4.02. The van der Waals surface area contributed by atoms with Crippen molar-refractivity contribution in [1.29, 1.82) is 0 Å². The summed E-state index contributed by atoms with van der Waals surface area (Å²) in [4.78, 5) is 0.0921. The molecule has 0 fully saturated rings. The van der Waals surface area contributed by atoms with Crippen LogP contribution in [-0.2, 0) is 20.0 Å². The molecule has 0 aliphatic rings. The van der Waals surface area contributed by atoms with E-state index in [1.165, 1.54) is 24.3 Å².